The average Bonchev–Trinajstić information content (AvgIpc) is 3.03. The number of amides is 1. The summed E-state index contributed by atoms with van der Waals surface area (Å²) in [6.45, 7) is 6.68. The number of ketones is 1. The third-order valence-electron chi connectivity index (χ3n) is 5.64. The molecule has 0 atom stereocenters. The van der Waals surface area contributed by atoms with E-state index < -0.39 is 0 Å². The molecule has 4 nitrogen and oxygen atoms in total. The number of rotatable bonds is 4. The van der Waals surface area contributed by atoms with Gasteiger partial charge in [0, 0.05) is 27.9 Å². The Morgan fingerprint density at radius 2 is 1.93 bits per heavy atom. The Bertz CT molecular complexity index is 1040. The summed E-state index contributed by atoms with van der Waals surface area (Å²) in [6, 6.07) is 11.8. The lowest BCUT2D eigenvalue weighted by atomic mass is 9.68. The lowest BCUT2D eigenvalue weighted by Crippen LogP contribution is -2.30. The van der Waals surface area contributed by atoms with Gasteiger partial charge in [-0.2, -0.15) is 0 Å². The topological polar surface area (TPSA) is 55.4 Å². The number of ether oxygens (including phenoxy) is 1. The molecule has 1 amide bonds. The van der Waals surface area contributed by atoms with Crippen LogP contribution in [0.4, 0.5) is 0 Å². The van der Waals surface area contributed by atoms with Crippen LogP contribution in [0.1, 0.15) is 47.8 Å². The predicted octanol–water partition coefficient (Wildman–Crippen LogP) is 4.45. The molecule has 4 rings (SSSR count). The van der Waals surface area contributed by atoms with Crippen molar-refractivity contribution in [1.29, 1.82) is 0 Å². The molecule has 0 aliphatic heterocycles. The number of fused-ring (bicyclic) bond motifs is 3. The summed E-state index contributed by atoms with van der Waals surface area (Å²) in [5.41, 5.74) is 5.76. The van der Waals surface area contributed by atoms with Crippen LogP contribution >= 0.6 is 15.9 Å². The quantitative estimate of drug-likeness (QED) is 0.715. The lowest BCUT2D eigenvalue weighted by molar-refractivity contribution is -0.119. The third-order valence-corrected chi connectivity index (χ3v) is 6.13. The molecule has 28 heavy (non-hydrogen) atoms. The maximum atomic E-state index is 13.3. The van der Waals surface area contributed by atoms with Gasteiger partial charge in [0.1, 0.15) is 12.4 Å². The minimum absolute atomic E-state index is 0.0762. The summed E-state index contributed by atoms with van der Waals surface area (Å²) >= 11 is 3.54. The molecule has 2 aromatic rings. The molecular formula is C23H22BrNO3. The fourth-order valence-corrected chi connectivity index (χ4v) is 4.62. The highest BCUT2D eigenvalue weighted by atomic mass is 79.9. The Morgan fingerprint density at radius 3 is 2.68 bits per heavy atom. The molecule has 0 bridgehead atoms. The minimum Gasteiger partial charge on any atom is -0.492 e. The highest BCUT2D eigenvalue weighted by molar-refractivity contribution is 9.10. The van der Waals surface area contributed by atoms with Gasteiger partial charge < -0.3 is 10.1 Å². The van der Waals surface area contributed by atoms with Crippen LogP contribution in [0.25, 0.3) is 5.57 Å². The molecule has 0 aromatic heterocycles. The van der Waals surface area contributed by atoms with Gasteiger partial charge in [0.05, 0.1) is 6.54 Å². The number of halogens is 1. The maximum absolute atomic E-state index is 13.3. The first-order valence-corrected chi connectivity index (χ1v) is 10.2. The molecule has 0 unspecified atom stereocenters. The van der Waals surface area contributed by atoms with Gasteiger partial charge >= 0.3 is 0 Å². The predicted molar refractivity (Wildman–Crippen MR) is 113 cm³/mol. The highest BCUT2D eigenvalue weighted by Crippen LogP contribution is 2.50. The number of carbonyl (C=O) groups is 2. The Balaban J connectivity index is 1.67. The fraction of sp³-hybridized carbons (Fsp3) is 0.304. The van der Waals surface area contributed by atoms with Crippen molar-refractivity contribution in [1.82, 2.24) is 5.32 Å². The summed E-state index contributed by atoms with van der Waals surface area (Å²) in [6.07, 6.45) is 0.788. The van der Waals surface area contributed by atoms with Gasteiger partial charge in [-0.25, -0.2) is 0 Å². The van der Waals surface area contributed by atoms with Crippen molar-refractivity contribution in [2.45, 2.75) is 32.6 Å². The van der Waals surface area contributed by atoms with Gasteiger partial charge in [-0.1, -0.05) is 35.8 Å². The molecule has 2 aliphatic rings. The second-order valence-electron chi connectivity index (χ2n) is 7.82. The summed E-state index contributed by atoms with van der Waals surface area (Å²) in [5, 5.41) is 2.72. The zero-order valence-corrected chi connectivity index (χ0v) is 17.8. The van der Waals surface area contributed by atoms with E-state index in [0.29, 0.717) is 18.9 Å². The average molecular weight is 440 g/mol. The van der Waals surface area contributed by atoms with Crippen LogP contribution in [-0.4, -0.2) is 24.8 Å². The SMILES string of the molecule is CC(=O)NCCOc1ccc2c(c1)C(C)(C)C1=C(C2=O)c2ccc(Br)cc2C1. The molecule has 0 saturated carbocycles. The van der Waals surface area contributed by atoms with Crippen LogP contribution < -0.4 is 10.1 Å². The summed E-state index contributed by atoms with van der Waals surface area (Å²) in [5.74, 6) is 0.732. The molecule has 0 heterocycles. The molecule has 0 spiro atoms. The maximum Gasteiger partial charge on any atom is 0.216 e. The van der Waals surface area contributed by atoms with Crippen LogP contribution in [0.3, 0.4) is 0 Å². The number of Topliss-reactive ketones (excluding diaryl/α,β-unsaturated/α-hetero) is 1. The molecular weight excluding hydrogens is 418 g/mol. The van der Waals surface area contributed by atoms with Crippen LogP contribution in [0.15, 0.2) is 46.4 Å². The van der Waals surface area contributed by atoms with Crippen molar-refractivity contribution in [2.24, 2.45) is 0 Å². The van der Waals surface area contributed by atoms with E-state index >= 15 is 0 Å². The van der Waals surface area contributed by atoms with Gasteiger partial charge in [-0.15, -0.1) is 0 Å². The largest absolute Gasteiger partial charge is 0.492 e. The van der Waals surface area contributed by atoms with Crippen LogP contribution in [0.2, 0.25) is 0 Å². The molecule has 0 saturated heterocycles. The number of benzene rings is 2. The van der Waals surface area contributed by atoms with E-state index in [4.69, 9.17) is 4.74 Å². The Morgan fingerprint density at radius 1 is 1.18 bits per heavy atom. The van der Waals surface area contributed by atoms with Crippen molar-refractivity contribution in [2.75, 3.05) is 13.2 Å². The standard InChI is InChI=1S/C23H22BrNO3/c1-13(26)25-8-9-28-16-5-7-18-19(12-16)23(2,3)20-11-14-10-15(24)4-6-17(14)21(20)22(18)27/h4-7,10,12H,8-9,11H2,1-3H3,(H,25,26). The van der Waals surface area contributed by atoms with Gasteiger partial charge in [-0.05, 0) is 59.0 Å². The second kappa shape index (κ2) is 6.89. The van der Waals surface area contributed by atoms with Gasteiger partial charge in [0.25, 0.3) is 0 Å². The second-order valence-corrected chi connectivity index (χ2v) is 8.74. The lowest BCUT2D eigenvalue weighted by Gasteiger charge is -2.34. The summed E-state index contributed by atoms with van der Waals surface area (Å²) < 4.78 is 6.82. The van der Waals surface area contributed by atoms with E-state index in [9.17, 15) is 9.59 Å². The van der Waals surface area contributed by atoms with E-state index in [1.807, 2.05) is 30.3 Å². The highest BCUT2D eigenvalue weighted by Gasteiger charge is 2.42. The number of carbonyl (C=O) groups excluding carboxylic acids is 2. The molecule has 0 fully saturated rings. The number of allylic oxidation sites excluding steroid dienone is 2. The molecule has 5 heteroatoms. The number of nitrogens with one attached hydrogen (secondary N) is 1. The van der Waals surface area contributed by atoms with E-state index in [1.54, 1.807) is 0 Å². The number of hydrogen-bond acceptors (Lipinski definition) is 3. The normalized spacial score (nSPS) is 16.4. The Hall–Kier alpha value is -2.40. The van der Waals surface area contributed by atoms with Crippen molar-refractivity contribution >= 4 is 33.2 Å². The zero-order valence-electron chi connectivity index (χ0n) is 16.2. The van der Waals surface area contributed by atoms with E-state index in [-0.39, 0.29) is 17.1 Å². The summed E-state index contributed by atoms with van der Waals surface area (Å²) in [4.78, 5) is 24.3. The molecule has 2 aromatic carbocycles. The van der Waals surface area contributed by atoms with Gasteiger partial charge in [-0.3, -0.25) is 9.59 Å². The van der Waals surface area contributed by atoms with Crippen LogP contribution in [-0.2, 0) is 16.6 Å². The van der Waals surface area contributed by atoms with Crippen LogP contribution in [0.5, 0.6) is 5.75 Å². The first kappa shape index (κ1) is 18.9. The fourth-order valence-electron chi connectivity index (χ4n) is 4.21. The molecule has 0 radical (unpaired) electrons. The molecule has 1 N–H and O–H groups in total. The van der Waals surface area contributed by atoms with Crippen molar-refractivity contribution in [3.05, 3.63) is 68.7 Å². The first-order valence-electron chi connectivity index (χ1n) is 9.38. The zero-order chi connectivity index (χ0) is 20.1. The van der Waals surface area contributed by atoms with Crippen molar-refractivity contribution in [3.8, 4) is 5.75 Å². The smallest absolute Gasteiger partial charge is 0.216 e. The molecule has 144 valence electrons. The van der Waals surface area contributed by atoms with Crippen LogP contribution in [0, 0.1) is 0 Å². The van der Waals surface area contributed by atoms with Gasteiger partial charge in [0.15, 0.2) is 5.78 Å². The van der Waals surface area contributed by atoms with Crippen molar-refractivity contribution < 1.29 is 14.3 Å². The Kier molecular flexibility index (Phi) is 4.66. The monoisotopic (exact) mass is 439 g/mol. The van der Waals surface area contributed by atoms with E-state index in [0.717, 1.165) is 33.2 Å². The summed E-state index contributed by atoms with van der Waals surface area (Å²) in [7, 11) is 0. The first-order chi connectivity index (χ1) is 13.3. The van der Waals surface area contributed by atoms with Crippen molar-refractivity contribution in [3.63, 3.8) is 0 Å². The minimum atomic E-state index is -0.263. The van der Waals surface area contributed by atoms with Gasteiger partial charge in [0.2, 0.25) is 5.91 Å². The van der Waals surface area contributed by atoms with E-state index in [1.165, 1.54) is 18.1 Å². The molecule has 2 aliphatic carbocycles. The number of hydrogen-bond donors (Lipinski definition) is 1. The van der Waals surface area contributed by atoms with E-state index in [2.05, 4.69) is 41.2 Å². The third kappa shape index (κ3) is 3.08. The Labute approximate surface area is 173 Å².